The first-order chi connectivity index (χ1) is 13.8. The monoisotopic (exact) mass is 415 g/mol. The Hall–Kier alpha value is -2.71. The third-order valence-corrected chi connectivity index (χ3v) is 6.72. The summed E-state index contributed by atoms with van der Waals surface area (Å²) in [6.07, 6.45) is 1.45. The van der Waals surface area contributed by atoms with Crippen molar-refractivity contribution in [2.24, 2.45) is 0 Å². The summed E-state index contributed by atoms with van der Waals surface area (Å²) >= 11 is 0. The fourth-order valence-corrected chi connectivity index (χ4v) is 4.28. The second kappa shape index (κ2) is 8.75. The predicted molar refractivity (Wildman–Crippen MR) is 111 cm³/mol. The second-order valence-corrected chi connectivity index (χ2v) is 9.21. The summed E-state index contributed by atoms with van der Waals surface area (Å²) in [6, 6.07) is 13.9. The maximum absolute atomic E-state index is 12.6. The van der Waals surface area contributed by atoms with Crippen LogP contribution in [0, 0.1) is 6.92 Å². The lowest BCUT2D eigenvalue weighted by Crippen LogP contribution is -2.38. The van der Waals surface area contributed by atoms with Crippen molar-refractivity contribution in [1.29, 1.82) is 0 Å². The van der Waals surface area contributed by atoms with Gasteiger partial charge in [-0.3, -0.25) is 9.59 Å². The maximum Gasteiger partial charge on any atom is 0.243 e. The molecule has 0 saturated carbocycles. The Bertz CT molecular complexity index is 986. The number of hydrogen-bond donors (Lipinski definition) is 1. The molecule has 1 saturated heterocycles. The molecule has 0 bridgehead atoms. The number of nitrogens with one attached hydrogen (secondary N) is 1. The minimum absolute atomic E-state index is 0.129. The zero-order valence-corrected chi connectivity index (χ0v) is 17.4. The average molecular weight is 416 g/mol. The molecule has 1 heterocycles. The number of sulfonamides is 1. The predicted octanol–water partition coefficient (Wildman–Crippen LogP) is 2.06. The lowest BCUT2D eigenvalue weighted by atomic mass is 10.2. The topological polar surface area (TPSA) is 86.8 Å². The molecule has 7 nitrogen and oxygen atoms in total. The van der Waals surface area contributed by atoms with Gasteiger partial charge >= 0.3 is 0 Å². The van der Waals surface area contributed by atoms with Gasteiger partial charge in [-0.25, -0.2) is 8.42 Å². The number of benzene rings is 2. The molecule has 2 aromatic rings. The number of amides is 2. The van der Waals surface area contributed by atoms with Crippen LogP contribution in [-0.4, -0.2) is 44.7 Å². The van der Waals surface area contributed by atoms with Crippen molar-refractivity contribution in [1.82, 2.24) is 9.62 Å². The lowest BCUT2D eigenvalue weighted by Gasteiger charge is -2.17. The number of hydrogen-bond acceptors (Lipinski definition) is 4. The molecule has 2 amide bonds. The van der Waals surface area contributed by atoms with Crippen molar-refractivity contribution >= 4 is 27.5 Å². The Morgan fingerprint density at radius 3 is 2.34 bits per heavy atom. The molecule has 1 fully saturated rings. The third-order valence-electron chi connectivity index (χ3n) is 4.91. The van der Waals surface area contributed by atoms with E-state index in [1.54, 1.807) is 17.0 Å². The van der Waals surface area contributed by atoms with Crippen LogP contribution in [0.4, 0.5) is 5.69 Å². The van der Waals surface area contributed by atoms with Gasteiger partial charge in [0.2, 0.25) is 21.8 Å². The van der Waals surface area contributed by atoms with Gasteiger partial charge in [0.15, 0.2) is 0 Å². The van der Waals surface area contributed by atoms with Crippen LogP contribution >= 0.6 is 0 Å². The highest BCUT2D eigenvalue weighted by molar-refractivity contribution is 7.89. The SMILES string of the molecule is Cc1ccc(S(=O)(=O)N(C)CC(=O)NCc2ccc(N3CCCC3=O)cc2)cc1. The summed E-state index contributed by atoms with van der Waals surface area (Å²) in [7, 11) is -2.33. The molecule has 1 aliphatic heterocycles. The summed E-state index contributed by atoms with van der Waals surface area (Å²) in [6.45, 7) is 2.63. The van der Waals surface area contributed by atoms with Crippen LogP contribution in [-0.2, 0) is 26.2 Å². The maximum atomic E-state index is 12.6. The van der Waals surface area contributed by atoms with Crippen LogP contribution in [0.2, 0.25) is 0 Å². The van der Waals surface area contributed by atoms with E-state index in [0.29, 0.717) is 6.42 Å². The molecular formula is C21H25N3O4S. The number of rotatable bonds is 7. The van der Waals surface area contributed by atoms with Gasteiger partial charge in [0.25, 0.3) is 0 Å². The van der Waals surface area contributed by atoms with Crippen molar-refractivity contribution in [2.45, 2.75) is 31.2 Å². The summed E-state index contributed by atoms with van der Waals surface area (Å²) < 4.78 is 26.2. The van der Waals surface area contributed by atoms with Crippen LogP contribution in [0.1, 0.15) is 24.0 Å². The second-order valence-electron chi connectivity index (χ2n) is 7.17. The summed E-state index contributed by atoms with van der Waals surface area (Å²) in [5.41, 5.74) is 2.69. The molecule has 8 heteroatoms. The van der Waals surface area contributed by atoms with Gasteiger partial charge in [-0.1, -0.05) is 29.8 Å². The first kappa shape index (κ1) is 21.0. The van der Waals surface area contributed by atoms with Gasteiger partial charge in [-0.15, -0.1) is 0 Å². The molecule has 1 N–H and O–H groups in total. The number of carbonyl (C=O) groups excluding carboxylic acids is 2. The molecule has 1 aliphatic rings. The molecule has 154 valence electrons. The van der Waals surface area contributed by atoms with Crippen LogP contribution in [0.3, 0.4) is 0 Å². The van der Waals surface area contributed by atoms with Gasteiger partial charge in [0.05, 0.1) is 11.4 Å². The van der Waals surface area contributed by atoms with E-state index in [1.807, 2.05) is 31.2 Å². The van der Waals surface area contributed by atoms with E-state index in [1.165, 1.54) is 19.2 Å². The Labute approximate surface area is 171 Å². The standard InChI is InChI=1S/C21H25N3O4S/c1-16-5-11-19(12-6-16)29(27,28)23(2)15-20(25)22-14-17-7-9-18(10-8-17)24-13-3-4-21(24)26/h5-12H,3-4,13-15H2,1-2H3,(H,22,25). The Morgan fingerprint density at radius 1 is 1.10 bits per heavy atom. The van der Waals surface area contributed by atoms with Crippen molar-refractivity contribution in [3.63, 3.8) is 0 Å². The Morgan fingerprint density at radius 2 is 1.76 bits per heavy atom. The van der Waals surface area contributed by atoms with Crippen molar-refractivity contribution in [3.8, 4) is 0 Å². The van der Waals surface area contributed by atoms with E-state index < -0.39 is 10.0 Å². The van der Waals surface area contributed by atoms with E-state index in [9.17, 15) is 18.0 Å². The third kappa shape index (κ3) is 5.02. The zero-order valence-electron chi connectivity index (χ0n) is 16.6. The normalized spacial score (nSPS) is 14.4. The molecular weight excluding hydrogens is 390 g/mol. The number of carbonyl (C=O) groups is 2. The molecule has 0 aromatic heterocycles. The highest BCUT2D eigenvalue weighted by Gasteiger charge is 2.23. The van der Waals surface area contributed by atoms with Crippen LogP contribution in [0.25, 0.3) is 0 Å². The Kier molecular flexibility index (Phi) is 6.34. The summed E-state index contributed by atoms with van der Waals surface area (Å²) in [5.74, 6) is -0.258. The van der Waals surface area contributed by atoms with E-state index in [0.717, 1.165) is 34.1 Å². The van der Waals surface area contributed by atoms with Crippen LogP contribution < -0.4 is 10.2 Å². The molecule has 0 spiro atoms. The highest BCUT2D eigenvalue weighted by Crippen LogP contribution is 2.21. The largest absolute Gasteiger partial charge is 0.351 e. The van der Waals surface area contributed by atoms with E-state index in [2.05, 4.69) is 5.32 Å². The minimum atomic E-state index is -3.72. The molecule has 0 unspecified atom stereocenters. The van der Waals surface area contributed by atoms with E-state index >= 15 is 0 Å². The van der Waals surface area contributed by atoms with E-state index in [-0.39, 0.29) is 29.8 Å². The number of anilines is 1. The quantitative estimate of drug-likeness (QED) is 0.750. The van der Waals surface area contributed by atoms with Gasteiger partial charge in [0, 0.05) is 32.2 Å². The van der Waals surface area contributed by atoms with Crippen molar-refractivity contribution in [2.75, 3.05) is 25.0 Å². The van der Waals surface area contributed by atoms with Gasteiger partial charge in [-0.2, -0.15) is 4.31 Å². The van der Waals surface area contributed by atoms with Gasteiger partial charge in [-0.05, 0) is 43.2 Å². The fraction of sp³-hybridized carbons (Fsp3) is 0.333. The number of likely N-dealkylation sites (N-methyl/N-ethyl adjacent to an activating group) is 1. The fourth-order valence-electron chi connectivity index (χ4n) is 3.15. The smallest absolute Gasteiger partial charge is 0.243 e. The molecule has 3 rings (SSSR count). The van der Waals surface area contributed by atoms with Gasteiger partial charge in [0.1, 0.15) is 0 Å². The van der Waals surface area contributed by atoms with Crippen LogP contribution in [0.5, 0.6) is 0 Å². The minimum Gasteiger partial charge on any atom is -0.351 e. The molecule has 0 atom stereocenters. The first-order valence-electron chi connectivity index (χ1n) is 9.46. The molecule has 2 aromatic carbocycles. The van der Waals surface area contributed by atoms with Crippen molar-refractivity contribution in [3.05, 3.63) is 59.7 Å². The summed E-state index contributed by atoms with van der Waals surface area (Å²) in [4.78, 5) is 25.9. The zero-order chi connectivity index (χ0) is 21.0. The Balaban J connectivity index is 1.54. The van der Waals surface area contributed by atoms with Gasteiger partial charge < -0.3 is 10.2 Å². The highest BCUT2D eigenvalue weighted by atomic mass is 32.2. The average Bonchev–Trinajstić information content (AvgIpc) is 3.13. The molecule has 0 radical (unpaired) electrons. The van der Waals surface area contributed by atoms with Crippen LogP contribution in [0.15, 0.2) is 53.4 Å². The van der Waals surface area contributed by atoms with Crippen molar-refractivity contribution < 1.29 is 18.0 Å². The summed E-state index contributed by atoms with van der Waals surface area (Å²) in [5, 5.41) is 2.73. The van der Waals surface area contributed by atoms with E-state index in [4.69, 9.17) is 0 Å². The first-order valence-corrected chi connectivity index (χ1v) is 10.9. The number of aryl methyl sites for hydroxylation is 1. The number of nitrogens with zero attached hydrogens (tertiary/aromatic N) is 2. The lowest BCUT2D eigenvalue weighted by molar-refractivity contribution is -0.121. The molecule has 29 heavy (non-hydrogen) atoms. The molecule has 0 aliphatic carbocycles.